The fourth-order valence-electron chi connectivity index (χ4n) is 2.62. The Labute approximate surface area is 160 Å². The highest BCUT2D eigenvalue weighted by molar-refractivity contribution is 6.31. The van der Waals surface area contributed by atoms with E-state index in [4.69, 9.17) is 23.2 Å². The summed E-state index contributed by atoms with van der Waals surface area (Å²) in [7, 11) is 0. The maximum Gasteiger partial charge on any atom is 0.177 e. The van der Waals surface area contributed by atoms with Crippen LogP contribution in [0.2, 0.25) is 10.0 Å². The fraction of sp³-hybridized carbons (Fsp3) is 0.111. The van der Waals surface area contributed by atoms with Gasteiger partial charge in [-0.1, -0.05) is 35.3 Å². The molecule has 0 spiro atoms. The number of nitrogens with zero attached hydrogens (tertiary/aromatic N) is 5. The first-order valence-corrected chi connectivity index (χ1v) is 8.69. The van der Waals surface area contributed by atoms with Gasteiger partial charge in [0, 0.05) is 41.9 Å². The fourth-order valence-corrected chi connectivity index (χ4v) is 2.92. The number of amidine groups is 1. The molecule has 3 aromatic rings. The van der Waals surface area contributed by atoms with Crippen LogP contribution in [0.3, 0.4) is 0 Å². The minimum Gasteiger partial charge on any atom is -0.285 e. The Kier molecular flexibility index (Phi) is 4.79. The zero-order valence-electron chi connectivity index (χ0n) is 13.6. The van der Waals surface area contributed by atoms with Gasteiger partial charge in [0.15, 0.2) is 11.7 Å². The van der Waals surface area contributed by atoms with Crippen molar-refractivity contribution in [1.29, 1.82) is 0 Å². The second-order valence-corrected chi connectivity index (χ2v) is 6.57. The van der Waals surface area contributed by atoms with Crippen LogP contribution in [0.4, 0.5) is 5.82 Å². The predicted molar refractivity (Wildman–Crippen MR) is 101 cm³/mol. The molecule has 0 unspecified atom stereocenters. The SMILES string of the molecule is Clc1ccc(CNN2Cc3nccnc3N=C2c2cncc(Cl)c2)cc1. The minimum absolute atomic E-state index is 0.530. The number of hydrogen-bond acceptors (Lipinski definition) is 6. The van der Waals surface area contributed by atoms with Crippen molar-refractivity contribution >= 4 is 34.9 Å². The normalized spacial score (nSPS) is 13.3. The van der Waals surface area contributed by atoms with Crippen LogP contribution in [0.5, 0.6) is 0 Å². The maximum absolute atomic E-state index is 6.10. The van der Waals surface area contributed by atoms with Gasteiger partial charge in [0.05, 0.1) is 11.6 Å². The molecule has 0 saturated heterocycles. The first-order chi connectivity index (χ1) is 12.7. The molecule has 1 aliphatic heterocycles. The minimum atomic E-state index is 0.530. The number of rotatable bonds is 4. The van der Waals surface area contributed by atoms with Gasteiger partial charge < -0.3 is 0 Å². The topological polar surface area (TPSA) is 66.3 Å². The van der Waals surface area contributed by atoms with Gasteiger partial charge in [0.1, 0.15) is 5.69 Å². The molecule has 1 aromatic carbocycles. The first-order valence-electron chi connectivity index (χ1n) is 7.94. The summed E-state index contributed by atoms with van der Waals surface area (Å²) in [5.41, 5.74) is 6.09. The molecule has 4 rings (SSSR count). The van der Waals surface area contributed by atoms with Crippen molar-refractivity contribution in [3.63, 3.8) is 0 Å². The molecule has 2 aromatic heterocycles. The van der Waals surface area contributed by atoms with E-state index in [-0.39, 0.29) is 0 Å². The molecule has 8 heteroatoms. The van der Waals surface area contributed by atoms with Crippen molar-refractivity contribution in [1.82, 2.24) is 25.4 Å². The number of hydrazine groups is 1. The monoisotopic (exact) mass is 384 g/mol. The average molecular weight is 385 g/mol. The van der Waals surface area contributed by atoms with Crippen molar-refractivity contribution in [2.75, 3.05) is 0 Å². The van der Waals surface area contributed by atoms with E-state index in [1.54, 1.807) is 24.8 Å². The third-order valence-corrected chi connectivity index (χ3v) is 4.34. The molecule has 0 aliphatic carbocycles. The summed E-state index contributed by atoms with van der Waals surface area (Å²) in [6, 6.07) is 9.51. The summed E-state index contributed by atoms with van der Waals surface area (Å²) in [6.07, 6.45) is 6.61. The van der Waals surface area contributed by atoms with Gasteiger partial charge in [0.25, 0.3) is 0 Å². The third kappa shape index (κ3) is 3.67. The Morgan fingerprint density at radius 3 is 2.62 bits per heavy atom. The van der Waals surface area contributed by atoms with E-state index in [1.165, 1.54) is 0 Å². The van der Waals surface area contributed by atoms with Crippen LogP contribution in [-0.2, 0) is 13.1 Å². The second-order valence-electron chi connectivity index (χ2n) is 5.70. The van der Waals surface area contributed by atoms with E-state index in [1.807, 2.05) is 35.3 Å². The highest BCUT2D eigenvalue weighted by Gasteiger charge is 2.23. The Balaban J connectivity index is 1.64. The van der Waals surface area contributed by atoms with Crippen LogP contribution >= 0.6 is 23.2 Å². The van der Waals surface area contributed by atoms with Crippen LogP contribution in [0.25, 0.3) is 0 Å². The second kappa shape index (κ2) is 7.37. The van der Waals surface area contributed by atoms with E-state index in [9.17, 15) is 0 Å². The summed E-state index contributed by atoms with van der Waals surface area (Å²) >= 11 is 12.1. The van der Waals surface area contributed by atoms with Gasteiger partial charge in [-0.05, 0) is 23.8 Å². The zero-order valence-corrected chi connectivity index (χ0v) is 15.1. The molecule has 6 nitrogen and oxygen atoms in total. The van der Waals surface area contributed by atoms with E-state index in [0.717, 1.165) is 16.8 Å². The smallest absolute Gasteiger partial charge is 0.177 e. The van der Waals surface area contributed by atoms with Crippen molar-refractivity contribution in [3.05, 3.63) is 82.0 Å². The summed E-state index contributed by atoms with van der Waals surface area (Å²) in [5, 5.41) is 3.19. The number of aliphatic imine (C=N–C) groups is 1. The van der Waals surface area contributed by atoms with Gasteiger partial charge in [-0.15, -0.1) is 0 Å². The van der Waals surface area contributed by atoms with Crippen LogP contribution in [-0.4, -0.2) is 25.8 Å². The molecule has 0 amide bonds. The van der Waals surface area contributed by atoms with Gasteiger partial charge >= 0.3 is 0 Å². The number of nitrogens with one attached hydrogen (secondary N) is 1. The number of fused-ring (bicyclic) bond motifs is 1. The largest absolute Gasteiger partial charge is 0.285 e. The van der Waals surface area contributed by atoms with Crippen LogP contribution in [0, 0.1) is 0 Å². The number of hydrogen-bond donors (Lipinski definition) is 1. The standard InChI is InChI=1S/C18H14Cl2N6/c19-14-3-1-12(2-4-14)8-24-26-11-16-17(23-6-5-22-16)25-18(26)13-7-15(20)10-21-9-13/h1-7,9-10,24H,8,11H2. The number of pyridine rings is 1. The average Bonchev–Trinajstić information content (AvgIpc) is 2.67. The van der Waals surface area contributed by atoms with E-state index in [2.05, 4.69) is 25.4 Å². The molecular formula is C18H14Cl2N6. The Hall–Kier alpha value is -2.54. The molecule has 1 aliphatic rings. The molecule has 26 heavy (non-hydrogen) atoms. The van der Waals surface area contributed by atoms with Crippen molar-refractivity contribution < 1.29 is 0 Å². The number of aromatic nitrogens is 3. The quantitative estimate of drug-likeness (QED) is 0.741. The van der Waals surface area contributed by atoms with Gasteiger partial charge in [-0.25, -0.2) is 15.4 Å². The first kappa shape index (κ1) is 16.9. The Morgan fingerprint density at radius 2 is 1.81 bits per heavy atom. The summed E-state index contributed by atoms with van der Waals surface area (Å²) in [6.45, 7) is 1.14. The van der Waals surface area contributed by atoms with E-state index < -0.39 is 0 Å². The highest BCUT2D eigenvalue weighted by atomic mass is 35.5. The lowest BCUT2D eigenvalue weighted by atomic mass is 10.2. The molecule has 1 N–H and O–H groups in total. The summed E-state index contributed by atoms with van der Waals surface area (Å²) in [4.78, 5) is 17.5. The molecule has 0 saturated carbocycles. The molecular weight excluding hydrogens is 371 g/mol. The van der Waals surface area contributed by atoms with Crippen molar-refractivity contribution in [2.24, 2.45) is 4.99 Å². The van der Waals surface area contributed by atoms with Crippen LogP contribution < -0.4 is 5.43 Å². The molecule has 3 heterocycles. The lowest BCUT2D eigenvalue weighted by Gasteiger charge is -2.30. The number of halogens is 2. The lowest BCUT2D eigenvalue weighted by molar-refractivity contribution is 0.288. The lowest BCUT2D eigenvalue weighted by Crippen LogP contribution is -2.44. The maximum atomic E-state index is 6.10. The van der Waals surface area contributed by atoms with Gasteiger partial charge in [-0.3, -0.25) is 15.0 Å². The van der Waals surface area contributed by atoms with Crippen LogP contribution in [0.15, 0.2) is 60.1 Å². The molecule has 130 valence electrons. The Bertz CT molecular complexity index is 958. The van der Waals surface area contributed by atoms with Crippen molar-refractivity contribution in [3.8, 4) is 0 Å². The summed E-state index contributed by atoms with van der Waals surface area (Å²) < 4.78 is 0. The Morgan fingerprint density at radius 1 is 1.00 bits per heavy atom. The molecule has 0 radical (unpaired) electrons. The zero-order chi connectivity index (χ0) is 17.9. The molecule has 0 fully saturated rings. The van der Waals surface area contributed by atoms with Crippen molar-refractivity contribution in [2.45, 2.75) is 13.1 Å². The summed E-state index contributed by atoms with van der Waals surface area (Å²) in [5.74, 6) is 1.30. The highest BCUT2D eigenvalue weighted by Crippen LogP contribution is 2.24. The van der Waals surface area contributed by atoms with E-state index >= 15 is 0 Å². The third-order valence-electron chi connectivity index (χ3n) is 3.88. The van der Waals surface area contributed by atoms with Gasteiger partial charge in [0.2, 0.25) is 0 Å². The van der Waals surface area contributed by atoms with Gasteiger partial charge in [-0.2, -0.15) is 0 Å². The number of benzene rings is 1. The molecule has 0 atom stereocenters. The molecule has 0 bridgehead atoms. The predicted octanol–water partition coefficient (Wildman–Crippen LogP) is 3.78. The van der Waals surface area contributed by atoms with Crippen LogP contribution in [0.1, 0.15) is 16.8 Å². The van der Waals surface area contributed by atoms with E-state index in [0.29, 0.717) is 34.8 Å².